The van der Waals surface area contributed by atoms with Gasteiger partial charge in [0.1, 0.15) is 17.5 Å². The SMILES string of the molecule is CC1(O)CCCN(c2ccc3c(=O)c(C(=O)CC45CC6CC(CC(C6)C4)C5)cn(-c4ccc(F)cc4F)c3n2)C1. The lowest BCUT2D eigenvalue weighted by Crippen LogP contribution is -2.47. The van der Waals surface area contributed by atoms with Crippen LogP contribution in [0.15, 0.2) is 41.3 Å². The Morgan fingerprint density at radius 1 is 1.07 bits per heavy atom. The van der Waals surface area contributed by atoms with Crippen LogP contribution in [0.1, 0.15) is 75.1 Å². The Kier molecular flexibility index (Phi) is 5.93. The van der Waals surface area contributed by atoms with Crippen molar-refractivity contribution in [2.75, 3.05) is 18.0 Å². The molecular weight excluding hydrogens is 512 g/mol. The fraction of sp³-hybridized carbons (Fsp3) is 0.531. The smallest absolute Gasteiger partial charge is 0.201 e. The number of piperidine rings is 1. The van der Waals surface area contributed by atoms with Crippen LogP contribution in [-0.2, 0) is 0 Å². The van der Waals surface area contributed by atoms with E-state index >= 15 is 4.39 Å². The summed E-state index contributed by atoms with van der Waals surface area (Å²) in [4.78, 5) is 34.4. The number of carbonyl (C=O) groups excluding carboxylic acids is 1. The predicted octanol–water partition coefficient (Wildman–Crippen LogP) is 5.80. The van der Waals surface area contributed by atoms with E-state index in [4.69, 9.17) is 4.98 Å². The zero-order valence-electron chi connectivity index (χ0n) is 22.8. The number of hydrogen-bond acceptors (Lipinski definition) is 5. The second kappa shape index (κ2) is 9.20. The maximum Gasteiger partial charge on any atom is 0.201 e. The molecule has 3 aromatic rings. The second-order valence-electron chi connectivity index (χ2n) is 13.4. The average Bonchev–Trinajstić information content (AvgIpc) is 2.87. The average molecular weight is 548 g/mol. The second-order valence-corrected chi connectivity index (χ2v) is 13.4. The number of β-amino-alcohol motifs (C(OH)–C–C–N with tert-alkyl or cyclic N) is 1. The third kappa shape index (κ3) is 4.44. The van der Waals surface area contributed by atoms with E-state index in [0.29, 0.717) is 49.5 Å². The third-order valence-electron chi connectivity index (χ3n) is 10.0. The number of nitrogens with zero attached hydrogens (tertiary/aromatic N) is 3. The van der Waals surface area contributed by atoms with Gasteiger partial charge >= 0.3 is 0 Å². The van der Waals surface area contributed by atoms with E-state index in [0.717, 1.165) is 37.8 Å². The highest BCUT2D eigenvalue weighted by molar-refractivity contribution is 5.99. The van der Waals surface area contributed by atoms with Crippen molar-refractivity contribution in [3.05, 3.63) is 63.9 Å². The fourth-order valence-corrected chi connectivity index (χ4v) is 8.79. The molecule has 0 spiro atoms. The van der Waals surface area contributed by atoms with Crippen molar-refractivity contribution in [3.63, 3.8) is 0 Å². The molecule has 1 unspecified atom stereocenters. The summed E-state index contributed by atoms with van der Waals surface area (Å²) >= 11 is 0. The van der Waals surface area contributed by atoms with Gasteiger partial charge in [0, 0.05) is 31.8 Å². The molecule has 1 aliphatic heterocycles. The van der Waals surface area contributed by atoms with Crippen molar-refractivity contribution in [1.29, 1.82) is 0 Å². The van der Waals surface area contributed by atoms with Gasteiger partial charge < -0.3 is 10.0 Å². The highest BCUT2D eigenvalue weighted by Crippen LogP contribution is 2.61. The van der Waals surface area contributed by atoms with Crippen molar-refractivity contribution in [2.24, 2.45) is 23.2 Å². The van der Waals surface area contributed by atoms with Crippen LogP contribution in [0.5, 0.6) is 0 Å². The Morgan fingerprint density at radius 2 is 1.77 bits per heavy atom. The molecule has 8 heteroatoms. The highest BCUT2D eigenvalue weighted by atomic mass is 19.1. The van der Waals surface area contributed by atoms with Crippen LogP contribution in [0, 0.1) is 34.8 Å². The van der Waals surface area contributed by atoms with Crippen molar-refractivity contribution in [2.45, 2.75) is 70.3 Å². The lowest BCUT2D eigenvalue weighted by molar-refractivity contribution is -0.0524. The molecule has 6 nitrogen and oxygen atoms in total. The molecule has 1 saturated heterocycles. The van der Waals surface area contributed by atoms with Crippen LogP contribution in [-0.4, -0.2) is 39.1 Å². The lowest BCUT2D eigenvalue weighted by atomic mass is 9.48. The van der Waals surface area contributed by atoms with E-state index in [1.807, 2.05) is 4.90 Å². The van der Waals surface area contributed by atoms with Crippen LogP contribution in [0.4, 0.5) is 14.6 Å². The number of hydrogen-bond donors (Lipinski definition) is 1. The molecule has 1 N–H and O–H groups in total. The van der Waals surface area contributed by atoms with Crippen LogP contribution >= 0.6 is 0 Å². The van der Waals surface area contributed by atoms with E-state index < -0.39 is 22.7 Å². The first-order chi connectivity index (χ1) is 19.1. The normalized spacial score (nSPS) is 31.2. The van der Waals surface area contributed by atoms with Crippen LogP contribution in [0.3, 0.4) is 0 Å². The van der Waals surface area contributed by atoms with Gasteiger partial charge in [-0.25, -0.2) is 13.8 Å². The molecule has 1 aromatic carbocycles. The fourth-order valence-electron chi connectivity index (χ4n) is 8.79. The Labute approximate surface area is 232 Å². The summed E-state index contributed by atoms with van der Waals surface area (Å²) in [5, 5.41) is 10.8. The number of aliphatic hydroxyl groups is 1. The largest absolute Gasteiger partial charge is 0.388 e. The van der Waals surface area contributed by atoms with Crippen LogP contribution in [0.2, 0.25) is 0 Å². The number of fused-ring (bicyclic) bond motifs is 1. The molecule has 0 radical (unpaired) electrons. The minimum Gasteiger partial charge on any atom is -0.388 e. The van der Waals surface area contributed by atoms with Crippen LogP contribution in [0.25, 0.3) is 16.7 Å². The molecule has 3 heterocycles. The first kappa shape index (κ1) is 25.8. The molecule has 4 aliphatic carbocycles. The van der Waals surface area contributed by atoms with E-state index in [-0.39, 0.29) is 33.5 Å². The zero-order chi connectivity index (χ0) is 27.8. The first-order valence-corrected chi connectivity index (χ1v) is 14.6. The number of pyridine rings is 2. The minimum atomic E-state index is -0.870. The Morgan fingerprint density at radius 3 is 2.42 bits per heavy atom. The summed E-state index contributed by atoms with van der Waals surface area (Å²) in [6, 6.07) is 6.63. The number of ketones is 1. The van der Waals surface area contributed by atoms with Gasteiger partial charge in [0.05, 0.1) is 22.2 Å². The minimum absolute atomic E-state index is 0.0190. The lowest BCUT2D eigenvalue weighted by Gasteiger charge is -2.56. The number of halogens is 2. The number of anilines is 1. The molecule has 1 atom stereocenters. The highest BCUT2D eigenvalue weighted by Gasteiger charge is 2.51. The number of rotatable bonds is 5. The molecule has 5 fully saturated rings. The van der Waals surface area contributed by atoms with Gasteiger partial charge in [0.2, 0.25) is 5.43 Å². The molecule has 2 aromatic heterocycles. The summed E-state index contributed by atoms with van der Waals surface area (Å²) in [6.45, 7) is 2.85. The summed E-state index contributed by atoms with van der Waals surface area (Å²) < 4.78 is 30.4. The summed E-state index contributed by atoms with van der Waals surface area (Å²) in [6.07, 6.45) is 10.1. The standard InChI is InChI=1S/C32H35F2N3O3/c1-31(40)7-2-8-36(18-31)28-6-4-23-29(39)24(17-37(30(23)35-28)26-5-3-22(33)12-25(26)34)27(38)16-32-13-19-9-20(14-32)11-21(10-19)15-32/h3-6,12,17,19-21,40H,2,7-11,13-16,18H2,1H3. The molecule has 0 amide bonds. The van der Waals surface area contributed by atoms with Gasteiger partial charge in [0.25, 0.3) is 0 Å². The van der Waals surface area contributed by atoms with E-state index in [1.54, 1.807) is 19.1 Å². The van der Waals surface area contributed by atoms with E-state index in [9.17, 15) is 19.1 Å². The Bertz CT molecular complexity index is 1540. The van der Waals surface area contributed by atoms with E-state index in [1.165, 1.54) is 36.1 Å². The number of aromatic nitrogens is 2. The first-order valence-electron chi connectivity index (χ1n) is 14.6. The molecule has 210 valence electrons. The number of benzene rings is 1. The van der Waals surface area contributed by atoms with Crippen LogP contribution < -0.4 is 10.3 Å². The van der Waals surface area contributed by atoms with Gasteiger partial charge in [-0.05, 0) is 106 Å². The quantitative estimate of drug-likeness (QED) is 0.409. The van der Waals surface area contributed by atoms with Gasteiger partial charge in [-0.1, -0.05) is 0 Å². The third-order valence-corrected chi connectivity index (χ3v) is 10.0. The van der Waals surface area contributed by atoms with Crippen molar-refractivity contribution >= 4 is 22.6 Å². The predicted molar refractivity (Wildman–Crippen MR) is 149 cm³/mol. The molecule has 5 aliphatic rings. The summed E-state index contributed by atoms with van der Waals surface area (Å²) in [5.74, 6) is 0.861. The summed E-state index contributed by atoms with van der Waals surface area (Å²) in [7, 11) is 0. The van der Waals surface area contributed by atoms with Gasteiger partial charge in [-0.2, -0.15) is 0 Å². The maximum atomic E-state index is 15.1. The monoisotopic (exact) mass is 547 g/mol. The Hall–Kier alpha value is -3.13. The van der Waals surface area contributed by atoms with Gasteiger partial charge in [-0.3, -0.25) is 14.2 Å². The van der Waals surface area contributed by atoms with E-state index in [2.05, 4.69) is 0 Å². The number of Topliss-reactive ketones (excluding diaryl/α,β-unsaturated/α-hetero) is 1. The van der Waals surface area contributed by atoms with Gasteiger partial charge in [0.15, 0.2) is 11.4 Å². The molecular formula is C32H35F2N3O3. The molecule has 4 saturated carbocycles. The maximum absolute atomic E-state index is 15.1. The summed E-state index contributed by atoms with van der Waals surface area (Å²) in [5.41, 5.74) is -1.08. The molecule has 4 bridgehead atoms. The Balaban J connectivity index is 1.33. The number of carbonyl (C=O) groups is 1. The molecule has 8 rings (SSSR count). The molecule has 40 heavy (non-hydrogen) atoms. The topological polar surface area (TPSA) is 75.4 Å². The van der Waals surface area contributed by atoms with Crippen molar-refractivity contribution in [3.8, 4) is 5.69 Å². The van der Waals surface area contributed by atoms with Gasteiger partial charge in [-0.15, -0.1) is 0 Å². The zero-order valence-corrected chi connectivity index (χ0v) is 22.8. The van der Waals surface area contributed by atoms with Crippen molar-refractivity contribution < 1.29 is 18.7 Å². The van der Waals surface area contributed by atoms with Crippen molar-refractivity contribution in [1.82, 2.24) is 9.55 Å².